The molecule has 0 bridgehead atoms. The standard InChI is InChI=1S/C11H18N4O2S/c1-3-4-6-17-7-5-14-10(16)8-9(12)15-11(13-2)18-8/h3H,1,4-7,12H2,2H3,(H,13,15)(H,14,16). The van der Waals surface area contributed by atoms with Crippen LogP contribution in [0.3, 0.4) is 0 Å². The highest BCUT2D eigenvalue weighted by Gasteiger charge is 2.14. The van der Waals surface area contributed by atoms with Gasteiger partial charge < -0.3 is 21.1 Å². The summed E-state index contributed by atoms with van der Waals surface area (Å²) in [6.45, 7) is 5.12. The molecule has 18 heavy (non-hydrogen) atoms. The Morgan fingerprint density at radius 2 is 2.39 bits per heavy atom. The van der Waals surface area contributed by atoms with Crippen molar-refractivity contribution in [3.63, 3.8) is 0 Å². The molecule has 1 rings (SSSR count). The van der Waals surface area contributed by atoms with Crippen LogP contribution in [-0.4, -0.2) is 37.7 Å². The fraction of sp³-hybridized carbons (Fsp3) is 0.455. The molecule has 6 nitrogen and oxygen atoms in total. The van der Waals surface area contributed by atoms with Gasteiger partial charge in [0.25, 0.3) is 5.91 Å². The third-order valence-corrected chi connectivity index (χ3v) is 3.16. The lowest BCUT2D eigenvalue weighted by atomic mass is 10.4. The van der Waals surface area contributed by atoms with Gasteiger partial charge in [0, 0.05) is 13.6 Å². The second kappa shape index (κ2) is 7.67. The second-order valence-corrected chi connectivity index (χ2v) is 4.43. The first-order valence-corrected chi connectivity index (χ1v) is 6.41. The number of carbonyl (C=O) groups excluding carboxylic acids is 1. The van der Waals surface area contributed by atoms with Gasteiger partial charge >= 0.3 is 0 Å². The summed E-state index contributed by atoms with van der Waals surface area (Å²) in [6, 6.07) is 0. The zero-order valence-electron chi connectivity index (χ0n) is 10.4. The van der Waals surface area contributed by atoms with Crippen LogP contribution in [0.4, 0.5) is 10.9 Å². The summed E-state index contributed by atoms with van der Waals surface area (Å²) < 4.78 is 5.28. The quantitative estimate of drug-likeness (QED) is 0.486. The summed E-state index contributed by atoms with van der Waals surface area (Å²) in [6.07, 6.45) is 2.59. The van der Waals surface area contributed by atoms with E-state index >= 15 is 0 Å². The Balaban J connectivity index is 2.31. The number of nitrogen functional groups attached to an aromatic ring is 1. The predicted octanol–water partition coefficient (Wildman–Crippen LogP) is 1.09. The lowest BCUT2D eigenvalue weighted by Gasteiger charge is -2.04. The largest absolute Gasteiger partial charge is 0.382 e. The van der Waals surface area contributed by atoms with E-state index in [1.54, 1.807) is 13.1 Å². The Hall–Kier alpha value is -1.60. The number of thiazole rings is 1. The van der Waals surface area contributed by atoms with E-state index in [1.165, 1.54) is 11.3 Å². The number of anilines is 2. The Bertz CT molecular complexity index is 406. The van der Waals surface area contributed by atoms with E-state index < -0.39 is 0 Å². The Labute approximate surface area is 110 Å². The maximum absolute atomic E-state index is 11.8. The van der Waals surface area contributed by atoms with E-state index in [4.69, 9.17) is 10.5 Å². The van der Waals surface area contributed by atoms with Crippen LogP contribution in [0.15, 0.2) is 12.7 Å². The predicted molar refractivity (Wildman–Crippen MR) is 74.0 cm³/mol. The lowest BCUT2D eigenvalue weighted by molar-refractivity contribution is 0.0922. The highest BCUT2D eigenvalue weighted by molar-refractivity contribution is 7.18. The monoisotopic (exact) mass is 270 g/mol. The molecule has 0 aliphatic rings. The number of amides is 1. The van der Waals surface area contributed by atoms with Gasteiger partial charge in [-0.1, -0.05) is 17.4 Å². The van der Waals surface area contributed by atoms with Gasteiger partial charge in [-0.25, -0.2) is 4.98 Å². The summed E-state index contributed by atoms with van der Waals surface area (Å²) in [7, 11) is 1.73. The van der Waals surface area contributed by atoms with E-state index in [9.17, 15) is 4.79 Å². The van der Waals surface area contributed by atoms with Crippen molar-refractivity contribution >= 4 is 28.2 Å². The maximum atomic E-state index is 11.8. The van der Waals surface area contributed by atoms with E-state index in [2.05, 4.69) is 22.2 Å². The number of hydrogen-bond donors (Lipinski definition) is 3. The number of carbonyl (C=O) groups is 1. The molecular formula is C11H18N4O2S. The van der Waals surface area contributed by atoms with Crippen molar-refractivity contribution in [1.29, 1.82) is 0 Å². The van der Waals surface area contributed by atoms with Crippen molar-refractivity contribution in [1.82, 2.24) is 10.3 Å². The van der Waals surface area contributed by atoms with Gasteiger partial charge in [-0.15, -0.1) is 6.58 Å². The first-order chi connectivity index (χ1) is 8.69. The fourth-order valence-corrected chi connectivity index (χ4v) is 1.94. The van der Waals surface area contributed by atoms with Crippen molar-refractivity contribution in [3.05, 3.63) is 17.5 Å². The van der Waals surface area contributed by atoms with Gasteiger partial charge in [-0.2, -0.15) is 0 Å². The van der Waals surface area contributed by atoms with Crippen LogP contribution >= 0.6 is 11.3 Å². The van der Waals surface area contributed by atoms with E-state index in [-0.39, 0.29) is 11.7 Å². The minimum atomic E-state index is -0.223. The summed E-state index contributed by atoms with van der Waals surface area (Å²) in [5.74, 6) is 0.0215. The summed E-state index contributed by atoms with van der Waals surface area (Å²) in [5.41, 5.74) is 5.64. The molecule has 0 saturated heterocycles. The molecule has 1 heterocycles. The average Bonchev–Trinajstić information content (AvgIpc) is 2.75. The molecule has 0 saturated carbocycles. The van der Waals surface area contributed by atoms with Crippen LogP contribution in [0, 0.1) is 0 Å². The van der Waals surface area contributed by atoms with Crippen molar-refractivity contribution in [2.24, 2.45) is 0 Å². The SMILES string of the molecule is C=CCCOCCNC(=O)c1sc(NC)nc1N. The van der Waals surface area contributed by atoms with Gasteiger partial charge in [0.2, 0.25) is 0 Å². The van der Waals surface area contributed by atoms with Crippen molar-refractivity contribution < 1.29 is 9.53 Å². The smallest absolute Gasteiger partial charge is 0.265 e. The van der Waals surface area contributed by atoms with Crippen LogP contribution in [-0.2, 0) is 4.74 Å². The number of nitrogens with one attached hydrogen (secondary N) is 2. The number of ether oxygens (including phenoxy) is 1. The summed E-state index contributed by atoms with van der Waals surface area (Å²) in [5, 5.41) is 6.20. The molecular weight excluding hydrogens is 252 g/mol. The number of hydrogen-bond acceptors (Lipinski definition) is 6. The Kier molecular flexibility index (Phi) is 6.16. The lowest BCUT2D eigenvalue weighted by Crippen LogP contribution is -2.27. The normalized spacial score (nSPS) is 10.1. The first-order valence-electron chi connectivity index (χ1n) is 5.60. The summed E-state index contributed by atoms with van der Waals surface area (Å²) in [4.78, 5) is 16.2. The van der Waals surface area contributed by atoms with Crippen LogP contribution < -0.4 is 16.4 Å². The molecule has 1 aromatic heterocycles. The molecule has 0 unspecified atom stereocenters. The average molecular weight is 270 g/mol. The van der Waals surface area contributed by atoms with Gasteiger partial charge in [-0.05, 0) is 6.42 Å². The van der Waals surface area contributed by atoms with Gasteiger partial charge in [0.1, 0.15) is 10.7 Å². The van der Waals surface area contributed by atoms with Crippen LogP contribution in [0.2, 0.25) is 0 Å². The molecule has 1 aromatic rings. The minimum absolute atomic E-state index is 0.223. The zero-order valence-corrected chi connectivity index (χ0v) is 11.2. The molecule has 0 fully saturated rings. The molecule has 0 aliphatic heterocycles. The third kappa shape index (κ3) is 4.34. The molecule has 100 valence electrons. The van der Waals surface area contributed by atoms with Gasteiger partial charge in [0.15, 0.2) is 5.13 Å². The molecule has 1 amide bonds. The highest BCUT2D eigenvalue weighted by atomic mass is 32.1. The van der Waals surface area contributed by atoms with E-state index in [1.807, 2.05) is 0 Å². The molecule has 0 aromatic carbocycles. The fourth-order valence-electron chi connectivity index (χ4n) is 1.19. The minimum Gasteiger partial charge on any atom is -0.382 e. The molecule has 0 radical (unpaired) electrons. The van der Waals surface area contributed by atoms with E-state index in [0.717, 1.165) is 6.42 Å². The molecule has 0 aliphatic carbocycles. The van der Waals surface area contributed by atoms with Crippen molar-refractivity contribution in [2.45, 2.75) is 6.42 Å². The van der Waals surface area contributed by atoms with Crippen LogP contribution in [0.25, 0.3) is 0 Å². The molecule has 7 heteroatoms. The topological polar surface area (TPSA) is 89.3 Å². The molecule has 0 spiro atoms. The number of nitrogens with two attached hydrogens (primary N) is 1. The number of nitrogens with zero attached hydrogens (tertiary/aromatic N) is 1. The van der Waals surface area contributed by atoms with Crippen molar-refractivity contribution in [2.75, 3.05) is 37.9 Å². The summed E-state index contributed by atoms with van der Waals surface area (Å²) >= 11 is 1.23. The van der Waals surface area contributed by atoms with Gasteiger partial charge in [-0.3, -0.25) is 4.79 Å². The van der Waals surface area contributed by atoms with Crippen LogP contribution in [0.5, 0.6) is 0 Å². The highest BCUT2D eigenvalue weighted by Crippen LogP contribution is 2.23. The maximum Gasteiger partial charge on any atom is 0.265 e. The van der Waals surface area contributed by atoms with E-state index in [0.29, 0.717) is 29.8 Å². The number of rotatable bonds is 8. The van der Waals surface area contributed by atoms with Crippen molar-refractivity contribution in [3.8, 4) is 0 Å². The molecule has 0 atom stereocenters. The first kappa shape index (κ1) is 14.5. The Morgan fingerprint density at radius 3 is 3.00 bits per heavy atom. The molecule has 4 N–H and O–H groups in total. The second-order valence-electron chi connectivity index (χ2n) is 3.43. The number of aromatic nitrogens is 1. The zero-order chi connectivity index (χ0) is 13.4. The van der Waals surface area contributed by atoms with Crippen LogP contribution in [0.1, 0.15) is 16.1 Å². The Morgan fingerprint density at radius 1 is 1.61 bits per heavy atom. The van der Waals surface area contributed by atoms with Gasteiger partial charge in [0.05, 0.1) is 13.2 Å². The third-order valence-electron chi connectivity index (χ3n) is 2.07.